The molecule has 0 spiro atoms. The Morgan fingerprint density at radius 1 is 0.537 bits per heavy atom. The van der Waals surface area contributed by atoms with E-state index in [4.69, 9.17) is 4.42 Å². The highest BCUT2D eigenvalue weighted by Gasteiger charge is 2.38. The summed E-state index contributed by atoms with van der Waals surface area (Å²) in [5.41, 5.74) is 14.3. The monoisotopic (exact) mass is 694 g/mol. The Kier molecular flexibility index (Phi) is 6.80. The summed E-state index contributed by atoms with van der Waals surface area (Å²) >= 11 is 0. The normalized spacial score (nSPS) is 17.4. The minimum atomic E-state index is -0.121. The van der Waals surface area contributed by atoms with Gasteiger partial charge in [0, 0.05) is 27.4 Å². The van der Waals surface area contributed by atoms with Crippen LogP contribution in [0.1, 0.15) is 53.9 Å². The predicted molar refractivity (Wildman–Crippen MR) is 224 cm³/mol. The van der Waals surface area contributed by atoms with Crippen molar-refractivity contribution < 1.29 is 4.42 Å². The van der Waals surface area contributed by atoms with Crippen LogP contribution in [0.15, 0.2) is 174 Å². The highest BCUT2D eigenvalue weighted by molar-refractivity contribution is 6.19. The van der Waals surface area contributed by atoms with Gasteiger partial charge in [-0.15, -0.1) is 0 Å². The summed E-state index contributed by atoms with van der Waals surface area (Å²) in [6.45, 7) is 4.74. The van der Waals surface area contributed by atoms with Crippen LogP contribution in [0.4, 0.5) is 0 Å². The van der Waals surface area contributed by atoms with Gasteiger partial charge in [0.15, 0.2) is 0 Å². The zero-order valence-corrected chi connectivity index (χ0v) is 30.2. The molecule has 0 radical (unpaired) electrons. The molecule has 54 heavy (non-hydrogen) atoms. The van der Waals surface area contributed by atoms with Crippen molar-refractivity contribution in [2.75, 3.05) is 0 Å². The van der Waals surface area contributed by atoms with Crippen molar-refractivity contribution in [3.05, 3.63) is 198 Å². The molecule has 0 amide bonds. The molecule has 2 unspecified atom stereocenters. The van der Waals surface area contributed by atoms with Crippen LogP contribution in [-0.4, -0.2) is 0 Å². The van der Waals surface area contributed by atoms with Crippen LogP contribution in [-0.2, 0) is 5.41 Å². The fraction of sp³-hybridized carbons (Fsp3) is 0.0980. The first-order valence-corrected chi connectivity index (χ1v) is 18.9. The zero-order valence-electron chi connectivity index (χ0n) is 30.2. The summed E-state index contributed by atoms with van der Waals surface area (Å²) in [6.07, 6.45) is 2.30. The molecule has 8 aromatic carbocycles. The molecule has 1 aliphatic carbocycles. The van der Waals surface area contributed by atoms with Gasteiger partial charge in [0.2, 0.25) is 0 Å². The van der Waals surface area contributed by atoms with E-state index < -0.39 is 0 Å². The van der Waals surface area contributed by atoms with E-state index in [1.807, 2.05) is 0 Å². The Morgan fingerprint density at radius 3 is 2.13 bits per heavy atom. The van der Waals surface area contributed by atoms with Crippen molar-refractivity contribution >= 4 is 49.2 Å². The molecule has 258 valence electrons. The lowest BCUT2D eigenvalue weighted by Gasteiger charge is -2.34. The highest BCUT2D eigenvalue weighted by atomic mass is 16.3. The molecule has 0 saturated carbocycles. The molecule has 2 atom stereocenters. The van der Waals surface area contributed by atoms with E-state index in [9.17, 15) is 0 Å². The first-order valence-electron chi connectivity index (χ1n) is 18.9. The fourth-order valence-electron chi connectivity index (χ4n) is 9.25. The molecule has 1 aliphatic heterocycles. The van der Waals surface area contributed by atoms with Crippen molar-refractivity contribution in [2.24, 2.45) is 0 Å². The number of benzene rings is 8. The second-order valence-corrected chi connectivity index (χ2v) is 15.4. The maximum absolute atomic E-state index is 6.39. The summed E-state index contributed by atoms with van der Waals surface area (Å²) in [6, 6.07) is 59.4. The molecule has 0 saturated heterocycles. The molecule has 2 heterocycles. The smallest absolute Gasteiger partial charge is 0.136 e. The average molecular weight is 695 g/mol. The van der Waals surface area contributed by atoms with Crippen LogP contribution in [0.3, 0.4) is 0 Å². The first kappa shape index (κ1) is 31.1. The van der Waals surface area contributed by atoms with Gasteiger partial charge in [0.1, 0.15) is 17.3 Å². The average Bonchev–Trinajstić information content (AvgIpc) is 3.71. The number of nitrogens with one attached hydrogen (secondary N) is 2. The van der Waals surface area contributed by atoms with Crippen LogP contribution in [0, 0.1) is 0 Å². The second-order valence-electron chi connectivity index (χ2n) is 15.4. The van der Waals surface area contributed by atoms with Crippen molar-refractivity contribution in [3.63, 3.8) is 0 Å². The minimum Gasteiger partial charge on any atom is -0.456 e. The van der Waals surface area contributed by atoms with E-state index in [2.05, 4.69) is 194 Å². The fourth-order valence-corrected chi connectivity index (χ4v) is 9.25. The third-order valence-electron chi connectivity index (χ3n) is 11.9. The summed E-state index contributed by atoms with van der Waals surface area (Å²) in [5.74, 6) is 0. The summed E-state index contributed by atoms with van der Waals surface area (Å²) in [5, 5.41) is 15.3. The Bertz CT molecular complexity index is 2990. The van der Waals surface area contributed by atoms with Crippen LogP contribution in [0.25, 0.3) is 71.4 Å². The van der Waals surface area contributed by atoms with E-state index in [1.54, 1.807) is 0 Å². The van der Waals surface area contributed by atoms with Crippen LogP contribution in [0.2, 0.25) is 0 Å². The van der Waals surface area contributed by atoms with E-state index in [0.29, 0.717) is 0 Å². The maximum atomic E-state index is 6.39. The zero-order chi connectivity index (χ0) is 36.0. The predicted octanol–water partition coefficient (Wildman–Crippen LogP) is 12.8. The lowest BCUT2D eigenvalue weighted by molar-refractivity contribution is 0.443. The highest BCUT2D eigenvalue weighted by Crippen LogP contribution is 2.52. The Morgan fingerprint density at radius 2 is 1.26 bits per heavy atom. The number of hydrogen-bond donors (Lipinski definition) is 2. The SMILES string of the molecule is CC1(C)c2cc3ccccc3cc2-c2c(C3=CC(c4ccccc4-c4ccc5oc6ccc7ccccc7c6c5c4)NC(c4ccccc4)N3)cccc21. The van der Waals surface area contributed by atoms with Gasteiger partial charge in [-0.05, 0) is 102 Å². The standard InChI is InChI=1S/C51H38N2O/c1-51(2)42-22-12-21-39(48(42)40-27-33-16-6-7-17-34(33)29-43(40)51)45-30-44(52-50(53-45)32-14-4-3-5-15-32)38-20-11-10-18-36(38)35-24-25-46-41(28-35)49-37-19-9-8-13-31(37)23-26-47(49)54-46/h3-30,44,50,52-53H,1-2H3. The molecule has 3 nitrogen and oxygen atoms in total. The molecule has 0 fully saturated rings. The quantitative estimate of drug-likeness (QED) is 0.193. The lowest BCUT2D eigenvalue weighted by Crippen LogP contribution is -2.39. The topological polar surface area (TPSA) is 37.2 Å². The molecular formula is C51H38N2O. The largest absolute Gasteiger partial charge is 0.456 e. The third-order valence-corrected chi connectivity index (χ3v) is 11.9. The van der Waals surface area contributed by atoms with E-state index in [1.165, 1.54) is 77.0 Å². The van der Waals surface area contributed by atoms with Crippen molar-refractivity contribution in [1.82, 2.24) is 10.6 Å². The first-order chi connectivity index (χ1) is 26.5. The molecule has 2 N–H and O–H groups in total. The van der Waals surface area contributed by atoms with Crippen LogP contribution < -0.4 is 10.6 Å². The molecular weight excluding hydrogens is 657 g/mol. The van der Waals surface area contributed by atoms with Crippen molar-refractivity contribution in [3.8, 4) is 22.3 Å². The number of fused-ring (bicyclic) bond motifs is 9. The van der Waals surface area contributed by atoms with Gasteiger partial charge in [-0.1, -0.05) is 147 Å². The number of rotatable bonds is 4. The molecule has 0 bridgehead atoms. The van der Waals surface area contributed by atoms with E-state index in [0.717, 1.165) is 22.2 Å². The summed E-state index contributed by atoms with van der Waals surface area (Å²) in [7, 11) is 0. The van der Waals surface area contributed by atoms with Crippen molar-refractivity contribution in [2.45, 2.75) is 31.5 Å². The Labute approximate surface area is 314 Å². The van der Waals surface area contributed by atoms with E-state index >= 15 is 0 Å². The molecule has 1 aromatic heterocycles. The summed E-state index contributed by atoms with van der Waals surface area (Å²) < 4.78 is 6.39. The summed E-state index contributed by atoms with van der Waals surface area (Å²) in [4.78, 5) is 0. The molecule has 11 rings (SSSR count). The Hall–Kier alpha value is -6.42. The number of hydrogen-bond acceptors (Lipinski definition) is 3. The Balaban J connectivity index is 1.09. The molecule has 3 heteroatoms. The van der Waals surface area contributed by atoms with Crippen LogP contribution in [0.5, 0.6) is 0 Å². The number of furan rings is 1. The second kappa shape index (κ2) is 11.8. The van der Waals surface area contributed by atoms with E-state index in [-0.39, 0.29) is 17.6 Å². The lowest BCUT2D eigenvalue weighted by atomic mass is 9.81. The minimum absolute atomic E-state index is 0.0679. The van der Waals surface area contributed by atoms with Gasteiger partial charge in [0.05, 0.1) is 6.04 Å². The molecule has 9 aromatic rings. The van der Waals surface area contributed by atoms with Gasteiger partial charge in [-0.3, -0.25) is 5.32 Å². The maximum Gasteiger partial charge on any atom is 0.136 e. The van der Waals surface area contributed by atoms with Gasteiger partial charge >= 0.3 is 0 Å². The molecule has 2 aliphatic rings. The van der Waals surface area contributed by atoms with Gasteiger partial charge in [0.25, 0.3) is 0 Å². The van der Waals surface area contributed by atoms with Crippen LogP contribution >= 0.6 is 0 Å². The third kappa shape index (κ3) is 4.72. The van der Waals surface area contributed by atoms with Gasteiger partial charge in [-0.2, -0.15) is 0 Å². The van der Waals surface area contributed by atoms with Gasteiger partial charge < -0.3 is 9.73 Å². The van der Waals surface area contributed by atoms with Crippen molar-refractivity contribution in [1.29, 1.82) is 0 Å². The van der Waals surface area contributed by atoms with Gasteiger partial charge in [-0.25, -0.2) is 0 Å².